The molecule has 0 fully saturated rings. The molecule has 1 heterocycles. The molecule has 0 amide bonds. The summed E-state index contributed by atoms with van der Waals surface area (Å²) in [6.45, 7) is 4.30. The van der Waals surface area contributed by atoms with Crippen molar-refractivity contribution in [3.8, 4) is 0 Å². The molecule has 0 saturated carbocycles. The number of rotatable bonds is 0. The summed E-state index contributed by atoms with van der Waals surface area (Å²) in [7, 11) is 0. The van der Waals surface area contributed by atoms with E-state index in [-0.39, 0.29) is 17.0 Å². The molecule has 3 aromatic rings. The van der Waals surface area contributed by atoms with Gasteiger partial charge in [-0.05, 0) is 43.2 Å². The van der Waals surface area contributed by atoms with E-state index in [1.807, 2.05) is 6.07 Å². The molecule has 2 heteroatoms. The van der Waals surface area contributed by atoms with Crippen molar-refractivity contribution in [2.75, 3.05) is 0 Å². The van der Waals surface area contributed by atoms with E-state index in [2.05, 4.69) is 55.2 Å². The number of hydrogen-bond donors (Lipinski definition) is 0. The van der Waals surface area contributed by atoms with E-state index < -0.39 is 0 Å². The number of aromatic nitrogens is 1. The first kappa shape index (κ1) is 12.1. The molecule has 0 saturated heterocycles. The van der Waals surface area contributed by atoms with Crippen LogP contribution < -0.4 is 0 Å². The Morgan fingerprint density at radius 3 is 2.47 bits per heavy atom. The number of nitrogens with zero attached hydrogens (tertiary/aromatic N) is 1. The highest BCUT2D eigenvalue weighted by Gasteiger charge is 2.03. The van der Waals surface area contributed by atoms with Crippen molar-refractivity contribution in [2.45, 2.75) is 13.8 Å². The van der Waals surface area contributed by atoms with Crippen LogP contribution in [0, 0.1) is 13.8 Å². The van der Waals surface area contributed by atoms with E-state index in [4.69, 9.17) is 0 Å². The van der Waals surface area contributed by atoms with Crippen molar-refractivity contribution in [2.24, 2.45) is 0 Å². The average molecular weight is 288 g/mol. The topological polar surface area (TPSA) is 12.9 Å². The molecule has 0 atom stereocenters. The molecule has 0 spiro atoms. The minimum Gasteiger partial charge on any atom is -0.248 e. The zero-order valence-corrected chi connectivity index (χ0v) is 11.6. The Kier molecular flexibility index (Phi) is 3.16. The SMILES string of the molecule is Br.Cc1ccc2nc3ccccc3cc2c1C. The molecular formula is C15H14BrN. The van der Waals surface area contributed by atoms with Crippen LogP contribution in [0.2, 0.25) is 0 Å². The van der Waals surface area contributed by atoms with Crippen molar-refractivity contribution < 1.29 is 0 Å². The third-order valence-corrected chi connectivity index (χ3v) is 3.24. The van der Waals surface area contributed by atoms with Crippen LogP contribution in [-0.4, -0.2) is 4.98 Å². The zero-order chi connectivity index (χ0) is 11.1. The summed E-state index contributed by atoms with van der Waals surface area (Å²) < 4.78 is 0. The fraction of sp³-hybridized carbons (Fsp3) is 0.133. The van der Waals surface area contributed by atoms with E-state index in [1.165, 1.54) is 21.9 Å². The van der Waals surface area contributed by atoms with Crippen molar-refractivity contribution in [1.82, 2.24) is 4.98 Å². The van der Waals surface area contributed by atoms with Gasteiger partial charge in [0.1, 0.15) is 0 Å². The number of fused-ring (bicyclic) bond motifs is 2. The summed E-state index contributed by atoms with van der Waals surface area (Å²) in [6.07, 6.45) is 0. The van der Waals surface area contributed by atoms with E-state index in [1.54, 1.807) is 0 Å². The Balaban J connectivity index is 0.00000108. The van der Waals surface area contributed by atoms with Crippen LogP contribution >= 0.6 is 17.0 Å². The highest BCUT2D eigenvalue weighted by Crippen LogP contribution is 2.24. The van der Waals surface area contributed by atoms with Crippen molar-refractivity contribution in [3.05, 3.63) is 53.6 Å². The quantitative estimate of drug-likeness (QED) is 0.552. The maximum absolute atomic E-state index is 4.68. The minimum atomic E-state index is 0. The molecule has 0 unspecified atom stereocenters. The van der Waals surface area contributed by atoms with Crippen molar-refractivity contribution >= 4 is 38.8 Å². The first-order valence-corrected chi connectivity index (χ1v) is 5.51. The van der Waals surface area contributed by atoms with Gasteiger partial charge in [0.05, 0.1) is 11.0 Å². The van der Waals surface area contributed by atoms with Gasteiger partial charge in [-0.15, -0.1) is 17.0 Å². The van der Waals surface area contributed by atoms with Gasteiger partial charge < -0.3 is 0 Å². The highest BCUT2D eigenvalue weighted by atomic mass is 79.9. The molecule has 0 aliphatic carbocycles. The van der Waals surface area contributed by atoms with Gasteiger partial charge in [-0.2, -0.15) is 0 Å². The molecule has 1 nitrogen and oxygen atoms in total. The zero-order valence-electron chi connectivity index (χ0n) is 9.90. The second kappa shape index (κ2) is 4.46. The lowest BCUT2D eigenvalue weighted by Gasteiger charge is -2.06. The van der Waals surface area contributed by atoms with Crippen LogP contribution in [0.4, 0.5) is 0 Å². The molecule has 0 aliphatic rings. The lowest BCUT2D eigenvalue weighted by atomic mass is 10.0. The van der Waals surface area contributed by atoms with Gasteiger partial charge in [0.15, 0.2) is 0 Å². The number of hydrogen-bond acceptors (Lipinski definition) is 1. The van der Waals surface area contributed by atoms with Gasteiger partial charge in [0.25, 0.3) is 0 Å². The van der Waals surface area contributed by atoms with E-state index >= 15 is 0 Å². The summed E-state index contributed by atoms with van der Waals surface area (Å²) in [5.41, 5.74) is 4.81. The third-order valence-electron chi connectivity index (χ3n) is 3.24. The Morgan fingerprint density at radius 1 is 0.882 bits per heavy atom. The summed E-state index contributed by atoms with van der Waals surface area (Å²) in [4.78, 5) is 4.68. The summed E-state index contributed by atoms with van der Waals surface area (Å²) in [5, 5.41) is 2.47. The van der Waals surface area contributed by atoms with Gasteiger partial charge in [-0.3, -0.25) is 0 Å². The number of para-hydroxylation sites is 1. The predicted octanol–water partition coefficient (Wildman–Crippen LogP) is 4.58. The molecular weight excluding hydrogens is 274 g/mol. The van der Waals surface area contributed by atoms with Gasteiger partial charge in [0, 0.05) is 10.8 Å². The monoisotopic (exact) mass is 287 g/mol. The smallest absolute Gasteiger partial charge is 0.0712 e. The molecule has 0 bridgehead atoms. The summed E-state index contributed by atoms with van der Waals surface area (Å²) in [6, 6.07) is 14.7. The van der Waals surface area contributed by atoms with Crippen LogP contribution in [0.15, 0.2) is 42.5 Å². The molecule has 2 aromatic carbocycles. The first-order chi connectivity index (χ1) is 7.75. The Labute approximate surface area is 111 Å². The molecule has 3 rings (SSSR count). The van der Waals surface area contributed by atoms with Gasteiger partial charge in [-0.25, -0.2) is 4.98 Å². The van der Waals surface area contributed by atoms with Gasteiger partial charge in [-0.1, -0.05) is 24.3 Å². The second-order valence-electron chi connectivity index (χ2n) is 4.26. The highest BCUT2D eigenvalue weighted by molar-refractivity contribution is 8.93. The average Bonchev–Trinajstić information content (AvgIpc) is 2.32. The Morgan fingerprint density at radius 2 is 1.65 bits per heavy atom. The lowest BCUT2D eigenvalue weighted by Crippen LogP contribution is -1.87. The lowest BCUT2D eigenvalue weighted by molar-refractivity contribution is 1.36. The number of halogens is 1. The maximum atomic E-state index is 4.68. The standard InChI is InChI=1S/C15H13N.BrH/c1-10-7-8-15-13(11(10)2)9-12-5-3-4-6-14(12)16-15;/h3-9H,1-2H3;1H. The molecule has 0 N–H and O–H groups in total. The molecule has 86 valence electrons. The van der Waals surface area contributed by atoms with Gasteiger partial charge in [0.2, 0.25) is 0 Å². The van der Waals surface area contributed by atoms with Crippen molar-refractivity contribution in [3.63, 3.8) is 0 Å². The third kappa shape index (κ3) is 1.93. The molecule has 0 aliphatic heterocycles. The molecule has 17 heavy (non-hydrogen) atoms. The molecule has 1 aromatic heterocycles. The summed E-state index contributed by atoms with van der Waals surface area (Å²) >= 11 is 0. The van der Waals surface area contributed by atoms with E-state index in [0.29, 0.717) is 0 Å². The van der Waals surface area contributed by atoms with Crippen LogP contribution in [0.3, 0.4) is 0 Å². The first-order valence-electron chi connectivity index (χ1n) is 5.51. The Bertz CT molecular complexity index is 689. The maximum Gasteiger partial charge on any atom is 0.0712 e. The fourth-order valence-electron chi connectivity index (χ4n) is 2.10. The number of benzene rings is 2. The van der Waals surface area contributed by atoms with E-state index in [9.17, 15) is 0 Å². The van der Waals surface area contributed by atoms with Gasteiger partial charge >= 0.3 is 0 Å². The second-order valence-corrected chi connectivity index (χ2v) is 4.26. The van der Waals surface area contributed by atoms with Crippen LogP contribution in [0.25, 0.3) is 21.8 Å². The fourth-order valence-corrected chi connectivity index (χ4v) is 2.10. The van der Waals surface area contributed by atoms with Crippen LogP contribution in [0.5, 0.6) is 0 Å². The van der Waals surface area contributed by atoms with Crippen LogP contribution in [0.1, 0.15) is 11.1 Å². The largest absolute Gasteiger partial charge is 0.248 e. The normalized spacial score (nSPS) is 10.5. The predicted molar refractivity (Wildman–Crippen MR) is 79.0 cm³/mol. The van der Waals surface area contributed by atoms with Crippen LogP contribution in [-0.2, 0) is 0 Å². The molecule has 0 radical (unpaired) electrons. The van der Waals surface area contributed by atoms with Crippen molar-refractivity contribution in [1.29, 1.82) is 0 Å². The van der Waals surface area contributed by atoms with E-state index in [0.717, 1.165) is 11.0 Å². The Hall–Kier alpha value is -1.41. The summed E-state index contributed by atoms with van der Waals surface area (Å²) in [5.74, 6) is 0. The number of aryl methyl sites for hydroxylation is 2. The minimum absolute atomic E-state index is 0. The number of pyridine rings is 1.